The quantitative estimate of drug-likeness (QED) is 0.788. The van der Waals surface area contributed by atoms with Gasteiger partial charge in [0.15, 0.2) is 0 Å². The van der Waals surface area contributed by atoms with E-state index in [4.69, 9.17) is 16.7 Å². The second-order valence-electron chi connectivity index (χ2n) is 4.72. The molecule has 0 amide bonds. The van der Waals surface area contributed by atoms with Crippen molar-refractivity contribution >= 4 is 28.5 Å². The van der Waals surface area contributed by atoms with Gasteiger partial charge in [0.25, 0.3) is 0 Å². The molecule has 106 valence electrons. The van der Waals surface area contributed by atoms with Crippen LogP contribution in [0.2, 0.25) is 5.02 Å². The molecule has 3 rings (SSSR count). The Bertz CT molecular complexity index is 821. The summed E-state index contributed by atoms with van der Waals surface area (Å²) in [7, 11) is 0. The van der Waals surface area contributed by atoms with Crippen molar-refractivity contribution in [1.82, 2.24) is 4.57 Å². The van der Waals surface area contributed by atoms with Crippen molar-refractivity contribution in [1.29, 1.82) is 0 Å². The van der Waals surface area contributed by atoms with E-state index in [0.717, 1.165) is 10.9 Å². The molecule has 0 spiro atoms. The fourth-order valence-electron chi connectivity index (χ4n) is 2.31. The molecular weight excluding hydrogens is 293 g/mol. The Morgan fingerprint density at radius 1 is 1.24 bits per heavy atom. The lowest BCUT2D eigenvalue weighted by atomic mass is 10.1. The van der Waals surface area contributed by atoms with Crippen LogP contribution in [0.5, 0.6) is 0 Å². The highest BCUT2D eigenvalue weighted by Crippen LogP contribution is 2.24. The third-order valence-corrected chi connectivity index (χ3v) is 3.77. The highest BCUT2D eigenvalue weighted by Gasteiger charge is 2.11. The van der Waals surface area contributed by atoms with Crippen molar-refractivity contribution in [3.8, 4) is 0 Å². The van der Waals surface area contributed by atoms with Crippen molar-refractivity contribution < 1.29 is 14.3 Å². The van der Waals surface area contributed by atoms with Gasteiger partial charge in [0.1, 0.15) is 5.82 Å². The van der Waals surface area contributed by atoms with E-state index in [0.29, 0.717) is 10.6 Å². The van der Waals surface area contributed by atoms with Gasteiger partial charge in [0, 0.05) is 22.3 Å². The van der Waals surface area contributed by atoms with E-state index in [1.807, 2.05) is 6.07 Å². The van der Waals surface area contributed by atoms with Gasteiger partial charge >= 0.3 is 5.97 Å². The minimum absolute atomic E-state index is 0.196. The Kier molecular flexibility index (Phi) is 3.39. The molecule has 1 N–H and O–H groups in total. The zero-order valence-corrected chi connectivity index (χ0v) is 11.6. The number of hydrogen-bond donors (Lipinski definition) is 1. The van der Waals surface area contributed by atoms with Crippen molar-refractivity contribution in [3.63, 3.8) is 0 Å². The number of fused-ring (bicyclic) bond motifs is 1. The molecular formula is C16H11ClFNO2. The molecule has 0 atom stereocenters. The van der Waals surface area contributed by atoms with Crippen LogP contribution in [0, 0.1) is 5.82 Å². The first-order valence-corrected chi connectivity index (χ1v) is 6.69. The summed E-state index contributed by atoms with van der Waals surface area (Å²) in [6, 6.07) is 11.3. The third-order valence-electron chi connectivity index (χ3n) is 3.41. The topological polar surface area (TPSA) is 42.2 Å². The number of benzene rings is 2. The Morgan fingerprint density at radius 2 is 2.05 bits per heavy atom. The highest BCUT2D eigenvalue weighted by molar-refractivity contribution is 6.31. The standard InChI is InChI=1S/C16H11ClFNO2/c17-13-2-1-3-14(18)12(13)9-19-7-6-10-4-5-11(16(20)21)8-15(10)19/h1-8H,9H2,(H,20,21). The highest BCUT2D eigenvalue weighted by atomic mass is 35.5. The molecule has 0 fully saturated rings. The largest absolute Gasteiger partial charge is 0.478 e. The van der Waals surface area contributed by atoms with Gasteiger partial charge in [-0.1, -0.05) is 23.7 Å². The predicted molar refractivity (Wildman–Crippen MR) is 79.4 cm³/mol. The van der Waals surface area contributed by atoms with E-state index in [-0.39, 0.29) is 17.9 Å². The summed E-state index contributed by atoms with van der Waals surface area (Å²) in [5.74, 6) is -1.37. The molecule has 1 aromatic heterocycles. The lowest BCUT2D eigenvalue weighted by Gasteiger charge is -2.09. The molecule has 0 radical (unpaired) electrons. The molecule has 0 saturated heterocycles. The first kappa shape index (κ1) is 13.6. The maximum atomic E-state index is 13.9. The van der Waals surface area contributed by atoms with E-state index in [1.165, 1.54) is 6.07 Å². The number of carbonyl (C=O) groups is 1. The minimum atomic E-state index is -0.992. The number of nitrogens with zero attached hydrogens (tertiary/aromatic N) is 1. The van der Waals surface area contributed by atoms with Crippen LogP contribution in [0.15, 0.2) is 48.7 Å². The summed E-state index contributed by atoms with van der Waals surface area (Å²) >= 11 is 6.03. The molecule has 3 nitrogen and oxygen atoms in total. The fraction of sp³-hybridized carbons (Fsp3) is 0.0625. The lowest BCUT2D eigenvalue weighted by molar-refractivity contribution is 0.0697. The molecule has 0 unspecified atom stereocenters. The SMILES string of the molecule is O=C(O)c1ccc2ccn(Cc3c(F)cccc3Cl)c2c1. The normalized spacial score (nSPS) is 11.0. The van der Waals surface area contributed by atoms with Gasteiger partial charge in [-0.25, -0.2) is 9.18 Å². The second-order valence-corrected chi connectivity index (χ2v) is 5.13. The van der Waals surface area contributed by atoms with Gasteiger partial charge in [-0.2, -0.15) is 0 Å². The van der Waals surface area contributed by atoms with Crippen LogP contribution in [0.1, 0.15) is 15.9 Å². The molecule has 0 aliphatic carbocycles. The molecule has 5 heteroatoms. The van der Waals surface area contributed by atoms with Gasteiger partial charge in [0.05, 0.1) is 12.1 Å². The average molecular weight is 304 g/mol. The molecule has 0 bridgehead atoms. The summed E-state index contributed by atoms with van der Waals surface area (Å²) in [6.07, 6.45) is 1.79. The molecule has 0 saturated carbocycles. The minimum Gasteiger partial charge on any atom is -0.478 e. The summed E-state index contributed by atoms with van der Waals surface area (Å²) < 4.78 is 15.6. The molecule has 21 heavy (non-hydrogen) atoms. The number of halogens is 2. The fourth-order valence-corrected chi connectivity index (χ4v) is 2.53. The van der Waals surface area contributed by atoms with Crippen LogP contribution in [-0.2, 0) is 6.54 Å². The van der Waals surface area contributed by atoms with Gasteiger partial charge in [-0.3, -0.25) is 0 Å². The van der Waals surface area contributed by atoms with Crippen LogP contribution < -0.4 is 0 Å². The smallest absolute Gasteiger partial charge is 0.335 e. The first-order valence-electron chi connectivity index (χ1n) is 6.31. The maximum absolute atomic E-state index is 13.9. The van der Waals surface area contributed by atoms with E-state index in [2.05, 4.69) is 0 Å². The molecule has 0 aliphatic rings. The zero-order chi connectivity index (χ0) is 15.0. The summed E-state index contributed by atoms with van der Waals surface area (Å²) in [5.41, 5.74) is 1.31. The van der Waals surface area contributed by atoms with Crippen molar-refractivity contribution in [2.45, 2.75) is 6.54 Å². The van der Waals surface area contributed by atoms with Crippen molar-refractivity contribution in [3.05, 3.63) is 70.6 Å². The maximum Gasteiger partial charge on any atom is 0.335 e. The molecule has 1 heterocycles. The van der Waals surface area contributed by atoms with Crippen molar-refractivity contribution in [2.24, 2.45) is 0 Å². The Hall–Kier alpha value is -2.33. The van der Waals surface area contributed by atoms with Crippen molar-refractivity contribution in [2.75, 3.05) is 0 Å². The van der Waals surface area contributed by atoms with Crippen LogP contribution in [-0.4, -0.2) is 15.6 Å². The van der Waals surface area contributed by atoms with Crippen LogP contribution in [0.3, 0.4) is 0 Å². The monoisotopic (exact) mass is 303 g/mol. The molecule has 3 aromatic rings. The Balaban J connectivity index is 2.08. The first-order chi connectivity index (χ1) is 10.1. The van der Waals surface area contributed by atoms with Gasteiger partial charge in [-0.15, -0.1) is 0 Å². The van der Waals surface area contributed by atoms with Gasteiger partial charge in [0.2, 0.25) is 0 Å². The lowest BCUT2D eigenvalue weighted by Crippen LogP contribution is -2.02. The predicted octanol–water partition coefficient (Wildman–Crippen LogP) is 4.18. The summed E-state index contributed by atoms with van der Waals surface area (Å²) in [6.45, 7) is 0.248. The Labute approximate surface area is 125 Å². The number of aromatic nitrogens is 1. The zero-order valence-electron chi connectivity index (χ0n) is 10.9. The average Bonchev–Trinajstić information content (AvgIpc) is 2.85. The molecule has 0 aliphatic heterocycles. The van der Waals surface area contributed by atoms with E-state index in [9.17, 15) is 9.18 Å². The van der Waals surface area contributed by atoms with E-state index in [1.54, 1.807) is 41.1 Å². The van der Waals surface area contributed by atoms with Crippen LogP contribution in [0.4, 0.5) is 4.39 Å². The van der Waals surface area contributed by atoms with Gasteiger partial charge < -0.3 is 9.67 Å². The second kappa shape index (κ2) is 5.22. The number of rotatable bonds is 3. The number of aromatic carboxylic acids is 1. The number of hydrogen-bond acceptors (Lipinski definition) is 1. The van der Waals surface area contributed by atoms with E-state index < -0.39 is 5.97 Å². The third kappa shape index (κ3) is 2.50. The number of carboxylic acid groups (broad SMARTS) is 1. The van der Waals surface area contributed by atoms with Crippen LogP contribution >= 0.6 is 11.6 Å². The summed E-state index contributed by atoms with van der Waals surface area (Å²) in [4.78, 5) is 11.1. The number of carboxylic acids is 1. The molecule has 2 aromatic carbocycles. The Morgan fingerprint density at radius 3 is 2.76 bits per heavy atom. The summed E-state index contributed by atoms with van der Waals surface area (Å²) in [5, 5.41) is 10.3. The van der Waals surface area contributed by atoms with Crippen LogP contribution in [0.25, 0.3) is 10.9 Å². The van der Waals surface area contributed by atoms with Gasteiger partial charge in [-0.05, 0) is 35.7 Å². The van der Waals surface area contributed by atoms with E-state index >= 15 is 0 Å².